The van der Waals surface area contributed by atoms with E-state index < -0.39 is 0 Å². The highest BCUT2D eigenvalue weighted by molar-refractivity contribution is 9.10. The molecule has 0 bridgehead atoms. The zero-order chi connectivity index (χ0) is 16.1. The van der Waals surface area contributed by atoms with Crippen LogP contribution in [0.5, 0.6) is 11.5 Å². The summed E-state index contributed by atoms with van der Waals surface area (Å²) in [5, 5.41) is 0. The van der Waals surface area contributed by atoms with Crippen LogP contribution in [-0.4, -0.2) is 37.1 Å². The van der Waals surface area contributed by atoms with E-state index in [1.54, 1.807) is 13.2 Å². The molecule has 0 saturated carbocycles. The zero-order valence-corrected chi connectivity index (χ0v) is 15.1. The molecule has 1 atom stereocenters. The molecule has 1 unspecified atom stereocenters. The fourth-order valence-electron chi connectivity index (χ4n) is 2.99. The topological polar surface area (TPSA) is 38.8 Å². The first-order valence-electron chi connectivity index (χ1n) is 7.93. The molecule has 1 amide bonds. The molecule has 2 rings (SSSR count). The van der Waals surface area contributed by atoms with Gasteiger partial charge >= 0.3 is 0 Å². The Morgan fingerprint density at radius 3 is 2.77 bits per heavy atom. The Kier molecular flexibility index (Phi) is 6.12. The number of hydrogen-bond donors (Lipinski definition) is 0. The van der Waals surface area contributed by atoms with Gasteiger partial charge in [-0.15, -0.1) is 0 Å². The average Bonchev–Trinajstić information content (AvgIpc) is 2.55. The molecule has 4 nitrogen and oxygen atoms in total. The molecule has 0 radical (unpaired) electrons. The molecule has 5 heteroatoms. The number of nitrogens with zero attached hydrogens (tertiary/aromatic N) is 1. The summed E-state index contributed by atoms with van der Waals surface area (Å²) in [5.41, 5.74) is 0.646. The SMILES string of the molecule is CCOc1c(Br)cc(C(=O)N2CCCCC2CC)cc1OC. The lowest BCUT2D eigenvalue weighted by Crippen LogP contribution is -2.43. The summed E-state index contributed by atoms with van der Waals surface area (Å²) in [6.45, 7) is 5.45. The van der Waals surface area contributed by atoms with Crippen LogP contribution in [0.3, 0.4) is 0 Å². The van der Waals surface area contributed by atoms with E-state index in [0.717, 1.165) is 30.3 Å². The molecule has 0 aliphatic carbocycles. The third-order valence-corrected chi connectivity index (χ3v) is 4.71. The highest BCUT2D eigenvalue weighted by Crippen LogP contribution is 2.37. The maximum absolute atomic E-state index is 12.9. The lowest BCUT2D eigenvalue weighted by molar-refractivity contribution is 0.0607. The number of amides is 1. The number of carbonyl (C=O) groups excluding carboxylic acids is 1. The Hall–Kier alpha value is -1.23. The third kappa shape index (κ3) is 3.57. The van der Waals surface area contributed by atoms with Crippen LogP contribution in [0, 0.1) is 0 Å². The molecule has 1 heterocycles. The van der Waals surface area contributed by atoms with Crippen LogP contribution in [-0.2, 0) is 0 Å². The Morgan fingerprint density at radius 2 is 2.14 bits per heavy atom. The van der Waals surface area contributed by atoms with Crippen molar-refractivity contribution >= 4 is 21.8 Å². The van der Waals surface area contributed by atoms with E-state index in [9.17, 15) is 4.79 Å². The van der Waals surface area contributed by atoms with Crippen molar-refractivity contribution in [1.29, 1.82) is 0 Å². The minimum atomic E-state index is 0.0774. The highest BCUT2D eigenvalue weighted by Gasteiger charge is 2.27. The number of hydrogen-bond acceptors (Lipinski definition) is 3. The summed E-state index contributed by atoms with van der Waals surface area (Å²) in [4.78, 5) is 14.9. The standard InChI is InChI=1S/C17H24BrNO3/c1-4-13-8-6-7-9-19(13)17(20)12-10-14(18)16(22-5-2)15(11-12)21-3/h10-11,13H,4-9H2,1-3H3. The number of rotatable bonds is 5. The van der Waals surface area contributed by atoms with Crippen LogP contribution in [0.25, 0.3) is 0 Å². The second kappa shape index (κ2) is 7.86. The van der Waals surface area contributed by atoms with Crippen molar-refractivity contribution in [3.05, 3.63) is 22.2 Å². The first kappa shape index (κ1) is 17.1. The van der Waals surface area contributed by atoms with E-state index in [0.29, 0.717) is 29.7 Å². The van der Waals surface area contributed by atoms with E-state index in [-0.39, 0.29) is 5.91 Å². The highest BCUT2D eigenvalue weighted by atomic mass is 79.9. The van der Waals surface area contributed by atoms with Gasteiger partial charge in [-0.1, -0.05) is 6.92 Å². The molecule has 22 heavy (non-hydrogen) atoms. The Morgan fingerprint density at radius 1 is 1.36 bits per heavy atom. The lowest BCUT2D eigenvalue weighted by Gasteiger charge is -2.35. The van der Waals surface area contributed by atoms with Gasteiger partial charge in [0.1, 0.15) is 0 Å². The van der Waals surface area contributed by atoms with Gasteiger partial charge in [-0.3, -0.25) is 4.79 Å². The van der Waals surface area contributed by atoms with Gasteiger partial charge in [0, 0.05) is 18.2 Å². The minimum Gasteiger partial charge on any atom is -0.493 e. The summed E-state index contributed by atoms with van der Waals surface area (Å²) < 4.78 is 11.7. The predicted octanol–water partition coefficient (Wildman–Crippen LogP) is 4.26. The molecule has 1 aliphatic rings. The summed E-state index contributed by atoms with van der Waals surface area (Å²) in [6.07, 6.45) is 4.38. The van der Waals surface area contributed by atoms with Crippen molar-refractivity contribution in [2.75, 3.05) is 20.3 Å². The normalized spacial score (nSPS) is 18.2. The van der Waals surface area contributed by atoms with Gasteiger partial charge in [0.25, 0.3) is 5.91 Å². The number of carbonyl (C=O) groups is 1. The molecule has 0 aromatic heterocycles. The number of benzene rings is 1. The van der Waals surface area contributed by atoms with Crippen LogP contribution >= 0.6 is 15.9 Å². The minimum absolute atomic E-state index is 0.0774. The Bertz CT molecular complexity index is 533. The fourth-order valence-corrected chi connectivity index (χ4v) is 3.54. The second-order valence-corrected chi connectivity index (χ2v) is 6.33. The van der Waals surface area contributed by atoms with E-state index >= 15 is 0 Å². The van der Waals surface area contributed by atoms with Crippen LogP contribution in [0.4, 0.5) is 0 Å². The number of piperidine rings is 1. The molecular weight excluding hydrogens is 346 g/mol. The van der Waals surface area contributed by atoms with E-state index in [1.165, 1.54) is 6.42 Å². The van der Waals surface area contributed by atoms with Gasteiger partial charge in [-0.25, -0.2) is 0 Å². The molecule has 0 N–H and O–H groups in total. The lowest BCUT2D eigenvalue weighted by atomic mass is 9.99. The summed E-state index contributed by atoms with van der Waals surface area (Å²) in [7, 11) is 1.59. The molecule has 1 aromatic carbocycles. The largest absolute Gasteiger partial charge is 0.493 e. The zero-order valence-electron chi connectivity index (χ0n) is 13.5. The second-order valence-electron chi connectivity index (χ2n) is 5.48. The average molecular weight is 370 g/mol. The van der Waals surface area contributed by atoms with Crippen LogP contribution in [0.2, 0.25) is 0 Å². The first-order valence-corrected chi connectivity index (χ1v) is 8.72. The number of halogens is 1. The van der Waals surface area contributed by atoms with E-state index in [4.69, 9.17) is 9.47 Å². The van der Waals surface area contributed by atoms with Crippen molar-refractivity contribution in [3.63, 3.8) is 0 Å². The summed E-state index contributed by atoms with van der Waals surface area (Å²) in [5.74, 6) is 1.31. The van der Waals surface area contributed by atoms with Crippen molar-refractivity contribution in [2.45, 2.75) is 45.6 Å². The number of methoxy groups -OCH3 is 1. The molecule has 0 spiro atoms. The van der Waals surface area contributed by atoms with Crippen molar-refractivity contribution in [3.8, 4) is 11.5 Å². The van der Waals surface area contributed by atoms with Gasteiger partial charge in [0.2, 0.25) is 0 Å². The van der Waals surface area contributed by atoms with Gasteiger partial charge < -0.3 is 14.4 Å². The van der Waals surface area contributed by atoms with Crippen molar-refractivity contribution in [2.24, 2.45) is 0 Å². The van der Waals surface area contributed by atoms with Gasteiger partial charge in [0.15, 0.2) is 11.5 Å². The van der Waals surface area contributed by atoms with E-state index in [1.807, 2.05) is 17.9 Å². The Labute approximate surface area is 140 Å². The van der Waals surface area contributed by atoms with Crippen molar-refractivity contribution < 1.29 is 14.3 Å². The van der Waals surface area contributed by atoms with Gasteiger partial charge in [-0.2, -0.15) is 0 Å². The number of ether oxygens (including phenoxy) is 2. The van der Waals surface area contributed by atoms with Crippen LogP contribution < -0.4 is 9.47 Å². The molecular formula is C17H24BrNO3. The third-order valence-electron chi connectivity index (χ3n) is 4.12. The summed E-state index contributed by atoms with van der Waals surface area (Å²) >= 11 is 3.49. The van der Waals surface area contributed by atoms with Gasteiger partial charge in [0.05, 0.1) is 18.2 Å². The molecule has 1 fully saturated rings. The molecule has 1 aromatic rings. The maximum Gasteiger partial charge on any atom is 0.254 e. The quantitative estimate of drug-likeness (QED) is 0.777. The summed E-state index contributed by atoms with van der Waals surface area (Å²) in [6, 6.07) is 3.95. The Balaban J connectivity index is 2.31. The number of likely N-dealkylation sites (tertiary alicyclic amines) is 1. The predicted molar refractivity (Wildman–Crippen MR) is 90.8 cm³/mol. The molecule has 1 aliphatic heterocycles. The monoisotopic (exact) mass is 369 g/mol. The fraction of sp³-hybridized carbons (Fsp3) is 0.588. The maximum atomic E-state index is 12.9. The molecule has 122 valence electrons. The smallest absolute Gasteiger partial charge is 0.254 e. The van der Waals surface area contributed by atoms with Crippen LogP contribution in [0.15, 0.2) is 16.6 Å². The first-order chi connectivity index (χ1) is 10.6. The van der Waals surface area contributed by atoms with Gasteiger partial charge in [-0.05, 0) is 60.7 Å². The molecule has 1 saturated heterocycles. The van der Waals surface area contributed by atoms with Crippen molar-refractivity contribution in [1.82, 2.24) is 4.90 Å². The van der Waals surface area contributed by atoms with E-state index in [2.05, 4.69) is 22.9 Å². The van der Waals surface area contributed by atoms with Crippen LogP contribution in [0.1, 0.15) is 49.9 Å².